The molecule has 2 N–H and O–H groups in total. The van der Waals surface area contributed by atoms with E-state index in [1.54, 1.807) is 10.6 Å². The number of rotatable bonds is 5. The van der Waals surface area contributed by atoms with Crippen LogP contribution >= 0.6 is 0 Å². The average molecular weight is 364 g/mol. The average Bonchev–Trinajstić information content (AvgIpc) is 2.72. The fourth-order valence-electron chi connectivity index (χ4n) is 3.50. The molecule has 3 aromatic rings. The quantitative estimate of drug-likeness (QED) is 0.676. The van der Waals surface area contributed by atoms with Gasteiger partial charge in [-0.2, -0.15) is 4.98 Å². The summed E-state index contributed by atoms with van der Waals surface area (Å²) in [6.07, 6.45) is 0. The molecule has 0 saturated heterocycles. The molecular weight excluding hydrogens is 344 g/mol. The molecule has 2 aromatic carbocycles. The molecule has 1 aliphatic heterocycles. The normalized spacial score (nSPS) is 15.7. The molecule has 0 fully saturated rings. The Bertz CT molecular complexity index is 1040. The van der Waals surface area contributed by atoms with Gasteiger partial charge < -0.3 is 15.4 Å². The third-order valence-electron chi connectivity index (χ3n) is 4.94. The third kappa shape index (κ3) is 3.23. The summed E-state index contributed by atoms with van der Waals surface area (Å²) in [5.41, 5.74) is 3.35. The highest BCUT2D eigenvalue weighted by molar-refractivity contribution is 5.89. The molecule has 0 radical (unpaired) electrons. The summed E-state index contributed by atoms with van der Waals surface area (Å²) in [4.78, 5) is 27.2. The maximum Gasteiger partial charge on any atom is 0.349 e. The standard InChI is InChI=1S/C20H20N4O3/c1-21-16-5-3-14(4-6-16)15-9-22-19-17-7-2-13(11-27-12-25)8-18(17)23-20(26)24(19)10-15/h2-8,12,15,21-22H,9-11H2,1H3. The number of carbonyl (C=O) groups is 1. The fourth-order valence-corrected chi connectivity index (χ4v) is 3.50. The molecule has 0 amide bonds. The Morgan fingerprint density at radius 1 is 1.30 bits per heavy atom. The lowest BCUT2D eigenvalue weighted by Gasteiger charge is -2.28. The number of nitrogens with one attached hydrogen (secondary N) is 2. The number of hydrogen-bond acceptors (Lipinski definition) is 6. The molecule has 1 unspecified atom stereocenters. The van der Waals surface area contributed by atoms with Crippen LogP contribution in [0.5, 0.6) is 0 Å². The van der Waals surface area contributed by atoms with Gasteiger partial charge in [0.15, 0.2) is 0 Å². The lowest BCUT2D eigenvalue weighted by molar-refractivity contribution is -0.129. The van der Waals surface area contributed by atoms with E-state index in [0.29, 0.717) is 18.5 Å². The molecular formula is C20H20N4O3. The van der Waals surface area contributed by atoms with Gasteiger partial charge in [-0.15, -0.1) is 0 Å². The Balaban J connectivity index is 1.68. The summed E-state index contributed by atoms with van der Waals surface area (Å²) < 4.78 is 6.48. The van der Waals surface area contributed by atoms with Gasteiger partial charge in [-0.25, -0.2) is 4.79 Å². The first kappa shape index (κ1) is 17.1. The van der Waals surface area contributed by atoms with Crippen molar-refractivity contribution >= 4 is 28.9 Å². The monoisotopic (exact) mass is 364 g/mol. The van der Waals surface area contributed by atoms with Crippen molar-refractivity contribution in [2.45, 2.75) is 19.1 Å². The number of aromatic nitrogens is 2. The predicted molar refractivity (Wildman–Crippen MR) is 104 cm³/mol. The second-order valence-electron chi connectivity index (χ2n) is 6.56. The summed E-state index contributed by atoms with van der Waals surface area (Å²) in [7, 11) is 1.89. The Morgan fingerprint density at radius 2 is 2.11 bits per heavy atom. The van der Waals surface area contributed by atoms with E-state index in [2.05, 4.69) is 27.8 Å². The predicted octanol–water partition coefficient (Wildman–Crippen LogP) is 2.32. The van der Waals surface area contributed by atoms with E-state index in [1.807, 2.05) is 31.3 Å². The Morgan fingerprint density at radius 3 is 2.85 bits per heavy atom. The molecule has 0 aliphatic carbocycles. The van der Waals surface area contributed by atoms with E-state index in [9.17, 15) is 9.59 Å². The highest BCUT2D eigenvalue weighted by atomic mass is 16.5. The van der Waals surface area contributed by atoms with Crippen molar-refractivity contribution in [3.05, 3.63) is 64.1 Å². The number of anilines is 2. The number of ether oxygens (including phenoxy) is 1. The molecule has 2 heterocycles. The minimum atomic E-state index is -0.282. The van der Waals surface area contributed by atoms with Crippen LogP contribution in [0, 0.1) is 0 Å². The zero-order valence-electron chi connectivity index (χ0n) is 14.9. The summed E-state index contributed by atoms with van der Waals surface area (Å²) in [5, 5.41) is 7.40. The van der Waals surface area contributed by atoms with Crippen LogP contribution in [-0.4, -0.2) is 29.6 Å². The minimum Gasteiger partial charge on any atom is -0.463 e. The maximum atomic E-state index is 12.6. The van der Waals surface area contributed by atoms with Crippen LogP contribution in [0.3, 0.4) is 0 Å². The Kier molecular flexibility index (Phi) is 4.50. The van der Waals surface area contributed by atoms with Gasteiger partial charge in [-0.3, -0.25) is 9.36 Å². The molecule has 1 atom stereocenters. The van der Waals surface area contributed by atoms with E-state index in [-0.39, 0.29) is 18.2 Å². The molecule has 7 nitrogen and oxygen atoms in total. The van der Waals surface area contributed by atoms with E-state index >= 15 is 0 Å². The van der Waals surface area contributed by atoms with Crippen LogP contribution in [-0.2, 0) is 22.7 Å². The molecule has 0 bridgehead atoms. The Labute approximate surface area is 156 Å². The summed E-state index contributed by atoms with van der Waals surface area (Å²) >= 11 is 0. The number of benzene rings is 2. The van der Waals surface area contributed by atoms with E-state index < -0.39 is 0 Å². The van der Waals surface area contributed by atoms with Gasteiger partial charge >= 0.3 is 5.69 Å². The minimum absolute atomic E-state index is 0.164. The molecule has 0 spiro atoms. The van der Waals surface area contributed by atoms with Crippen LogP contribution in [0.15, 0.2) is 47.3 Å². The van der Waals surface area contributed by atoms with Crippen LogP contribution in [0.1, 0.15) is 17.0 Å². The number of carbonyl (C=O) groups excluding carboxylic acids is 1. The largest absolute Gasteiger partial charge is 0.463 e. The molecule has 1 aromatic heterocycles. The van der Waals surface area contributed by atoms with Gasteiger partial charge in [0.25, 0.3) is 6.47 Å². The maximum absolute atomic E-state index is 12.6. The first-order valence-electron chi connectivity index (χ1n) is 8.80. The van der Waals surface area contributed by atoms with Crippen molar-refractivity contribution in [2.24, 2.45) is 0 Å². The van der Waals surface area contributed by atoms with Crippen molar-refractivity contribution in [2.75, 3.05) is 24.2 Å². The molecule has 0 saturated carbocycles. The third-order valence-corrected chi connectivity index (χ3v) is 4.94. The zero-order chi connectivity index (χ0) is 18.8. The van der Waals surface area contributed by atoms with Gasteiger partial charge in [0.2, 0.25) is 0 Å². The van der Waals surface area contributed by atoms with Gasteiger partial charge in [-0.1, -0.05) is 18.2 Å². The smallest absolute Gasteiger partial charge is 0.349 e. The molecule has 4 rings (SSSR count). The molecule has 7 heteroatoms. The fraction of sp³-hybridized carbons (Fsp3) is 0.250. The van der Waals surface area contributed by atoms with Crippen LogP contribution in [0.4, 0.5) is 11.5 Å². The lowest BCUT2D eigenvalue weighted by atomic mass is 9.97. The van der Waals surface area contributed by atoms with Crippen LogP contribution in [0.2, 0.25) is 0 Å². The molecule has 27 heavy (non-hydrogen) atoms. The number of hydrogen-bond donors (Lipinski definition) is 2. The topological polar surface area (TPSA) is 85.2 Å². The van der Waals surface area contributed by atoms with Crippen molar-refractivity contribution in [1.29, 1.82) is 0 Å². The van der Waals surface area contributed by atoms with Crippen LogP contribution < -0.4 is 16.3 Å². The zero-order valence-corrected chi connectivity index (χ0v) is 14.9. The first-order valence-corrected chi connectivity index (χ1v) is 8.80. The van der Waals surface area contributed by atoms with Crippen LogP contribution in [0.25, 0.3) is 10.9 Å². The van der Waals surface area contributed by atoms with Crippen molar-refractivity contribution < 1.29 is 9.53 Å². The van der Waals surface area contributed by atoms with Gasteiger partial charge in [0.1, 0.15) is 12.4 Å². The second-order valence-corrected chi connectivity index (χ2v) is 6.56. The summed E-state index contributed by atoms with van der Waals surface area (Å²) in [5.74, 6) is 0.983. The highest BCUT2D eigenvalue weighted by Gasteiger charge is 2.23. The summed E-state index contributed by atoms with van der Waals surface area (Å²) in [6.45, 7) is 1.90. The molecule has 1 aliphatic rings. The van der Waals surface area contributed by atoms with Crippen molar-refractivity contribution in [3.8, 4) is 0 Å². The van der Waals surface area contributed by atoms with E-state index in [4.69, 9.17) is 4.74 Å². The van der Waals surface area contributed by atoms with Crippen molar-refractivity contribution in [1.82, 2.24) is 9.55 Å². The number of nitrogens with zero attached hydrogens (tertiary/aromatic N) is 2. The second kappa shape index (κ2) is 7.11. The highest BCUT2D eigenvalue weighted by Crippen LogP contribution is 2.29. The SMILES string of the molecule is CNc1ccc(C2CNc3c4ccc(COC=O)cc4nc(=O)n3C2)cc1. The van der Waals surface area contributed by atoms with Gasteiger partial charge in [0, 0.05) is 37.1 Å². The number of fused-ring (bicyclic) bond motifs is 3. The molecule has 138 valence electrons. The van der Waals surface area contributed by atoms with E-state index in [0.717, 1.165) is 29.0 Å². The van der Waals surface area contributed by atoms with Gasteiger partial charge in [0.05, 0.1) is 5.52 Å². The summed E-state index contributed by atoms with van der Waals surface area (Å²) in [6, 6.07) is 13.8. The lowest BCUT2D eigenvalue weighted by Crippen LogP contribution is -2.35. The first-order chi connectivity index (χ1) is 13.2. The Hall–Kier alpha value is -3.35. The van der Waals surface area contributed by atoms with Crippen molar-refractivity contribution in [3.63, 3.8) is 0 Å². The van der Waals surface area contributed by atoms with Gasteiger partial charge in [-0.05, 0) is 35.4 Å². The van der Waals surface area contributed by atoms with E-state index in [1.165, 1.54) is 5.56 Å².